The van der Waals surface area contributed by atoms with Crippen molar-refractivity contribution in [3.05, 3.63) is 86.3 Å². The lowest BCUT2D eigenvalue weighted by molar-refractivity contribution is 0.0950. The minimum atomic E-state index is -0.162. The first-order valence-electron chi connectivity index (χ1n) is 15.2. The van der Waals surface area contributed by atoms with Gasteiger partial charge in [-0.2, -0.15) is 0 Å². The molecule has 0 atom stereocenters. The van der Waals surface area contributed by atoms with Crippen LogP contribution >= 0.6 is 0 Å². The van der Waals surface area contributed by atoms with Crippen LogP contribution in [-0.4, -0.2) is 36.6 Å². The van der Waals surface area contributed by atoms with Gasteiger partial charge in [-0.1, -0.05) is 43.5 Å². The Morgan fingerprint density at radius 1 is 1.00 bits per heavy atom. The number of carbonyl (C=O) groups excluding carboxylic acids is 1. The van der Waals surface area contributed by atoms with E-state index >= 15 is 0 Å². The summed E-state index contributed by atoms with van der Waals surface area (Å²) >= 11 is 0. The van der Waals surface area contributed by atoms with Gasteiger partial charge in [-0.15, -0.1) is 0 Å². The first-order valence-corrected chi connectivity index (χ1v) is 15.2. The molecule has 3 aromatic rings. The number of nitrogens with one attached hydrogen (secondary N) is 3. The molecular formula is C34H47N5O2. The topological polar surface area (TPSA) is 103 Å². The third kappa shape index (κ3) is 7.66. The molecule has 0 aliphatic heterocycles. The molecule has 0 saturated heterocycles. The highest BCUT2D eigenvalue weighted by Crippen LogP contribution is 2.35. The molecule has 220 valence electrons. The molecule has 4 rings (SSSR count). The van der Waals surface area contributed by atoms with E-state index in [1.165, 1.54) is 37.7 Å². The Morgan fingerprint density at radius 3 is 2.39 bits per heavy atom. The fraction of sp³-hybridized carbons (Fsp3) is 0.471. The lowest BCUT2D eigenvalue weighted by atomic mass is 9.91. The van der Waals surface area contributed by atoms with E-state index in [1.807, 2.05) is 26.0 Å². The van der Waals surface area contributed by atoms with E-state index in [9.17, 15) is 9.59 Å². The second-order valence-corrected chi connectivity index (χ2v) is 11.4. The molecule has 1 aliphatic rings. The third-order valence-electron chi connectivity index (χ3n) is 8.38. The van der Waals surface area contributed by atoms with E-state index in [2.05, 4.69) is 64.7 Å². The lowest BCUT2D eigenvalue weighted by Crippen LogP contribution is -2.37. The van der Waals surface area contributed by atoms with Gasteiger partial charge in [0, 0.05) is 48.2 Å². The normalized spacial score (nSPS) is 13.8. The predicted octanol–water partition coefficient (Wildman–Crippen LogP) is 5.49. The van der Waals surface area contributed by atoms with Crippen LogP contribution in [0.2, 0.25) is 0 Å². The number of carbonyl (C=O) groups is 1. The summed E-state index contributed by atoms with van der Waals surface area (Å²) in [6.07, 6.45) is 7.12. The maximum atomic E-state index is 13.7. The van der Waals surface area contributed by atoms with E-state index < -0.39 is 0 Å². The molecule has 1 aromatic heterocycles. The summed E-state index contributed by atoms with van der Waals surface area (Å²) in [6.45, 7) is 11.5. The number of hydrogen-bond donors (Lipinski definition) is 4. The summed E-state index contributed by atoms with van der Waals surface area (Å²) in [5, 5.41) is 6.48. The summed E-state index contributed by atoms with van der Waals surface area (Å²) in [5.74, 6) is -0.162. The van der Waals surface area contributed by atoms with Crippen molar-refractivity contribution in [3.8, 4) is 11.1 Å². The molecule has 5 N–H and O–H groups in total. The van der Waals surface area contributed by atoms with Crippen LogP contribution in [0.3, 0.4) is 0 Å². The average Bonchev–Trinajstić information content (AvgIpc) is 2.97. The van der Waals surface area contributed by atoms with Crippen LogP contribution in [0.5, 0.6) is 0 Å². The first kappa shape index (κ1) is 30.5. The van der Waals surface area contributed by atoms with Gasteiger partial charge in [0.25, 0.3) is 11.5 Å². The molecule has 1 fully saturated rings. The van der Waals surface area contributed by atoms with Crippen LogP contribution in [0.4, 0.5) is 5.69 Å². The number of nitrogens with two attached hydrogens (primary N) is 1. The van der Waals surface area contributed by atoms with Gasteiger partial charge in [-0.05, 0) is 106 Å². The Hall–Kier alpha value is -3.42. The molecule has 0 bridgehead atoms. The van der Waals surface area contributed by atoms with Crippen molar-refractivity contribution in [3.63, 3.8) is 0 Å². The summed E-state index contributed by atoms with van der Waals surface area (Å²) in [6, 6.07) is 15.3. The first-order chi connectivity index (χ1) is 19.8. The third-order valence-corrected chi connectivity index (χ3v) is 8.38. The smallest absolute Gasteiger partial charge is 0.253 e. The number of amides is 1. The predicted molar refractivity (Wildman–Crippen MR) is 170 cm³/mol. The van der Waals surface area contributed by atoms with Crippen molar-refractivity contribution in [1.29, 1.82) is 0 Å². The monoisotopic (exact) mass is 557 g/mol. The van der Waals surface area contributed by atoms with E-state index in [1.54, 1.807) is 0 Å². The summed E-state index contributed by atoms with van der Waals surface area (Å²) < 4.78 is 0. The summed E-state index contributed by atoms with van der Waals surface area (Å²) in [4.78, 5) is 31.6. The fourth-order valence-corrected chi connectivity index (χ4v) is 6.06. The van der Waals surface area contributed by atoms with Gasteiger partial charge in [0.1, 0.15) is 0 Å². The largest absolute Gasteiger partial charge is 0.369 e. The minimum Gasteiger partial charge on any atom is -0.369 e. The van der Waals surface area contributed by atoms with Crippen molar-refractivity contribution < 1.29 is 4.79 Å². The van der Waals surface area contributed by atoms with Crippen LogP contribution in [0.25, 0.3) is 11.1 Å². The average molecular weight is 558 g/mol. The minimum absolute atomic E-state index is 0.152. The molecule has 41 heavy (non-hydrogen) atoms. The van der Waals surface area contributed by atoms with E-state index in [-0.39, 0.29) is 18.0 Å². The van der Waals surface area contributed by atoms with Crippen LogP contribution < -0.4 is 26.8 Å². The highest BCUT2D eigenvalue weighted by Gasteiger charge is 2.24. The van der Waals surface area contributed by atoms with Crippen molar-refractivity contribution in [2.24, 2.45) is 5.73 Å². The molecule has 7 nitrogen and oxygen atoms in total. The highest BCUT2D eigenvalue weighted by molar-refractivity contribution is 5.99. The number of anilines is 1. The van der Waals surface area contributed by atoms with Crippen molar-refractivity contribution >= 4 is 11.6 Å². The number of aromatic nitrogens is 1. The Balaban J connectivity index is 1.67. The van der Waals surface area contributed by atoms with Crippen molar-refractivity contribution in [2.45, 2.75) is 85.4 Å². The van der Waals surface area contributed by atoms with Gasteiger partial charge in [0.05, 0.1) is 0 Å². The molecule has 1 saturated carbocycles. The van der Waals surface area contributed by atoms with E-state index in [0.29, 0.717) is 23.7 Å². The number of pyridine rings is 1. The molecule has 1 heterocycles. The number of nitrogens with zero attached hydrogens (tertiary/aromatic N) is 1. The maximum absolute atomic E-state index is 13.7. The molecule has 7 heteroatoms. The number of aromatic amines is 1. The second-order valence-electron chi connectivity index (χ2n) is 11.4. The fourth-order valence-electron chi connectivity index (χ4n) is 6.06. The number of H-pyrrole nitrogens is 1. The Morgan fingerprint density at radius 2 is 1.73 bits per heavy atom. The van der Waals surface area contributed by atoms with Crippen molar-refractivity contribution in [1.82, 2.24) is 15.6 Å². The molecular weight excluding hydrogens is 510 g/mol. The quantitative estimate of drug-likeness (QED) is 0.220. The van der Waals surface area contributed by atoms with Gasteiger partial charge in [-0.3, -0.25) is 9.59 Å². The number of aryl methyl sites for hydroxylation is 2. The van der Waals surface area contributed by atoms with Crippen LogP contribution in [0.1, 0.15) is 83.8 Å². The SMILES string of the molecule is CCN(c1cc(-c2ccc(CNCCCN)cc2)cc(C(=O)NCc2c(C)cc(C)[nH]c2=O)c1C)C1CCCCC1. The Kier molecular flexibility index (Phi) is 10.8. The van der Waals surface area contributed by atoms with Crippen LogP contribution in [0, 0.1) is 20.8 Å². The number of rotatable bonds is 12. The van der Waals surface area contributed by atoms with E-state index in [0.717, 1.165) is 59.7 Å². The van der Waals surface area contributed by atoms with Crippen LogP contribution in [0.15, 0.2) is 47.3 Å². The van der Waals surface area contributed by atoms with Crippen molar-refractivity contribution in [2.75, 3.05) is 24.5 Å². The molecule has 0 spiro atoms. The molecule has 0 radical (unpaired) electrons. The molecule has 1 aliphatic carbocycles. The standard InChI is InChI=1S/C34H47N5O2/c1-5-39(29-10-7-6-8-11-29)32-20-28(27-14-12-26(13-15-27)21-36-17-9-16-35)19-30(25(32)4)33(40)37-22-31-23(2)18-24(3)38-34(31)41/h12-15,18-20,29,36H,5-11,16-17,21-22,35H2,1-4H3,(H,37,40)(H,38,41). The maximum Gasteiger partial charge on any atom is 0.253 e. The van der Waals surface area contributed by atoms with Gasteiger partial charge >= 0.3 is 0 Å². The molecule has 1 amide bonds. The summed E-state index contributed by atoms with van der Waals surface area (Å²) in [7, 11) is 0. The van der Waals surface area contributed by atoms with Gasteiger partial charge < -0.3 is 26.3 Å². The Labute approximate surface area is 244 Å². The second kappa shape index (κ2) is 14.5. The van der Waals surface area contributed by atoms with Gasteiger partial charge in [0.2, 0.25) is 0 Å². The van der Waals surface area contributed by atoms with Gasteiger partial charge in [-0.25, -0.2) is 0 Å². The zero-order valence-corrected chi connectivity index (χ0v) is 25.2. The summed E-state index contributed by atoms with van der Waals surface area (Å²) in [5.41, 5.74) is 13.8. The Bertz CT molecular complexity index is 1370. The molecule has 2 aromatic carbocycles. The zero-order chi connectivity index (χ0) is 29.4. The number of hydrogen-bond acceptors (Lipinski definition) is 5. The lowest BCUT2D eigenvalue weighted by Gasteiger charge is -2.37. The highest BCUT2D eigenvalue weighted by atomic mass is 16.1. The number of benzene rings is 2. The van der Waals surface area contributed by atoms with E-state index in [4.69, 9.17) is 5.73 Å². The van der Waals surface area contributed by atoms with Crippen LogP contribution in [-0.2, 0) is 13.1 Å². The molecule has 0 unspecified atom stereocenters. The van der Waals surface area contributed by atoms with Gasteiger partial charge in [0.15, 0.2) is 0 Å². The zero-order valence-electron chi connectivity index (χ0n) is 25.2.